The summed E-state index contributed by atoms with van der Waals surface area (Å²) >= 11 is 0. The molecule has 1 aliphatic heterocycles. The minimum Gasteiger partial charge on any atom is -0.493 e. The Labute approximate surface area is 192 Å². The summed E-state index contributed by atoms with van der Waals surface area (Å²) in [5, 5.41) is 0. The molecule has 0 spiro atoms. The molecule has 1 saturated heterocycles. The first-order valence-electron chi connectivity index (χ1n) is 10.5. The van der Waals surface area contributed by atoms with Gasteiger partial charge >= 0.3 is 0 Å². The van der Waals surface area contributed by atoms with E-state index >= 15 is 0 Å². The average Bonchev–Trinajstić information content (AvgIpc) is 3.37. The third kappa shape index (κ3) is 4.48. The van der Waals surface area contributed by atoms with Crippen molar-refractivity contribution >= 4 is 5.91 Å². The Balaban J connectivity index is 1.90. The Morgan fingerprint density at radius 2 is 1.79 bits per heavy atom. The van der Waals surface area contributed by atoms with Crippen LogP contribution in [0.3, 0.4) is 0 Å². The van der Waals surface area contributed by atoms with Gasteiger partial charge in [-0.15, -0.1) is 0 Å². The third-order valence-corrected chi connectivity index (χ3v) is 5.47. The van der Waals surface area contributed by atoms with Crippen molar-refractivity contribution in [2.45, 2.75) is 19.8 Å². The maximum atomic E-state index is 12.4. The predicted molar refractivity (Wildman–Crippen MR) is 121 cm³/mol. The van der Waals surface area contributed by atoms with E-state index in [0.29, 0.717) is 52.8 Å². The van der Waals surface area contributed by atoms with Crippen LogP contribution in [0.2, 0.25) is 0 Å². The highest BCUT2D eigenvalue weighted by molar-refractivity contribution is 6.01. The van der Waals surface area contributed by atoms with Gasteiger partial charge in [0, 0.05) is 17.3 Å². The summed E-state index contributed by atoms with van der Waals surface area (Å²) in [6, 6.07) is 13.3. The standard InChI is InChI=1S/C25H26N2O6/c1-15-20(18(24(26)28)13-27-21(15)25-31-11-12-32-25)17-9-10-19(29-2)23(30-3)22(17)33-14-16-7-5-4-6-8-16/h4-10,13,25H,11-12,14H2,1-3H3,(H2,26,28). The van der Waals surface area contributed by atoms with E-state index in [-0.39, 0.29) is 12.2 Å². The van der Waals surface area contributed by atoms with E-state index in [4.69, 9.17) is 29.4 Å². The Hall–Kier alpha value is -3.62. The molecular formula is C25H26N2O6. The van der Waals surface area contributed by atoms with Crippen LogP contribution in [0, 0.1) is 6.92 Å². The second-order valence-corrected chi connectivity index (χ2v) is 7.45. The van der Waals surface area contributed by atoms with E-state index in [1.54, 1.807) is 13.2 Å². The number of hydrogen-bond donors (Lipinski definition) is 1. The van der Waals surface area contributed by atoms with Crippen LogP contribution in [-0.2, 0) is 16.1 Å². The van der Waals surface area contributed by atoms with E-state index in [0.717, 1.165) is 5.56 Å². The zero-order chi connectivity index (χ0) is 23.4. The predicted octanol–water partition coefficient (Wildman–Crippen LogP) is 3.80. The van der Waals surface area contributed by atoms with E-state index in [1.165, 1.54) is 13.3 Å². The minimum atomic E-state index is -0.612. The highest BCUT2D eigenvalue weighted by atomic mass is 16.7. The number of carbonyl (C=O) groups excluding carboxylic acids is 1. The highest BCUT2D eigenvalue weighted by Crippen LogP contribution is 2.47. The number of ether oxygens (including phenoxy) is 5. The molecule has 0 unspecified atom stereocenters. The van der Waals surface area contributed by atoms with Crippen LogP contribution < -0.4 is 19.9 Å². The Morgan fingerprint density at radius 1 is 1.06 bits per heavy atom. The third-order valence-electron chi connectivity index (χ3n) is 5.47. The van der Waals surface area contributed by atoms with Crippen LogP contribution in [0.1, 0.15) is 33.5 Å². The van der Waals surface area contributed by atoms with Gasteiger partial charge in [0.2, 0.25) is 12.0 Å². The number of methoxy groups -OCH3 is 2. The fourth-order valence-corrected chi connectivity index (χ4v) is 3.88. The molecule has 4 rings (SSSR count). The number of carbonyl (C=O) groups is 1. The lowest BCUT2D eigenvalue weighted by atomic mass is 9.93. The van der Waals surface area contributed by atoms with Crippen LogP contribution in [0.5, 0.6) is 17.2 Å². The van der Waals surface area contributed by atoms with Gasteiger partial charge in [-0.05, 0) is 30.2 Å². The Kier molecular flexibility index (Phi) is 6.76. The molecule has 0 atom stereocenters. The molecule has 0 radical (unpaired) electrons. The molecule has 1 fully saturated rings. The summed E-state index contributed by atoms with van der Waals surface area (Å²) in [5.74, 6) is 0.729. The van der Waals surface area contributed by atoms with Crippen molar-refractivity contribution in [3.8, 4) is 28.4 Å². The first-order valence-corrected chi connectivity index (χ1v) is 10.5. The Morgan fingerprint density at radius 3 is 2.42 bits per heavy atom. The van der Waals surface area contributed by atoms with E-state index in [2.05, 4.69) is 4.98 Å². The smallest absolute Gasteiger partial charge is 0.250 e. The molecule has 1 aliphatic rings. The topological polar surface area (TPSA) is 102 Å². The van der Waals surface area contributed by atoms with Crippen LogP contribution in [0.4, 0.5) is 0 Å². The van der Waals surface area contributed by atoms with Crippen molar-refractivity contribution in [2.24, 2.45) is 5.73 Å². The van der Waals surface area contributed by atoms with Crippen LogP contribution in [0.25, 0.3) is 11.1 Å². The number of aromatic nitrogens is 1. The second kappa shape index (κ2) is 9.89. The van der Waals surface area contributed by atoms with Gasteiger partial charge in [-0.2, -0.15) is 0 Å². The largest absolute Gasteiger partial charge is 0.493 e. The molecule has 0 saturated carbocycles. The summed E-state index contributed by atoms with van der Waals surface area (Å²) in [6.45, 7) is 3.09. The van der Waals surface area contributed by atoms with Crippen LogP contribution >= 0.6 is 0 Å². The van der Waals surface area contributed by atoms with Crippen molar-refractivity contribution in [3.05, 3.63) is 71.0 Å². The molecule has 1 aromatic heterocycles. The van der Waals surface area contributed by atoms with Gasteiger partial charge in [-0.1, -0.05) is 30.3 Å². The maximum Gasteiger partial charge on any atom is 0.250 e. The number of amides is 1. The molecule has 8 heteroatoms. The van der Waals surface area contributed by atoms with Gasteiger partial charge in [0.25, 0.3) is 5.91 Å². The average molecular weight is 450 g/mol. The molecule has 2 heterocycles. The molecule has 0 aliphatic carbocycles. The molecule has 8 nitrogen and oxygen atoms in total. The number of nitrogens with two attached hydrogens (primary N) is 1. The summed E-state index contributed by atoms with van der Waals surface area (Å²) in [6.07, 6.45) is 0.836. The summed E-state index contributed by atoms with van der Waals surface area (Å²) < 4.78 is 28.7. The fourth-order valence-electron chi connectivity index (χ4n) is 3.88. The normalized spacial score (nSPS) is 13.7. The first kappa shape index (κ1) is 22.6. The molecule has 172 valence electrons. The molecular weight excluding hydrogens is 424 g/mol. The summed E-state index contributed by atoms with van der Waals surface area (Å²) in [4.78, 5) is 16.8. The number of benzene rings is 2. The molecule has 1 amide bonds. The number of hydrogen-bond acceptors (Lipinski definition) is 7. The maximum absolute atomic E-state index is 12.4. The quantitative estimate of drug-likeness (QED) is 0.557. The zero-order valence-electron chi connectivity index (χ0n) is 18.8. The van der Waals surface area contributed by atoms with Crippen molar-refractivity contribution in [3.63, 3.8) is 0 Å². The lowest BCUT2D eigenvalue weighted by Gasteiger charge is -2.22. The van der Waals surface area contributed by atoms with Crippen molar-refractivity contribution in [1.29, 1.82) is 0 Å². The van der Waals surface area contributed by atoms with E-state index in [9.17, 15) is 4.79 Å². The van der Waals surface area contributed by atoms with Crippen LogP contribution in [0.15, 0.2) is 48.7 Å². The minimum absolute atomic E-state index is 0.256. The SMILES string of the molecule is COc1ccc(-c2c(C(N)=O)cnc(C3OCCO3)c2C)c(OCc2ccccc2)c1OC. The van der Waals surface area contributed by atoms with Crippen molar-refractivity contribution < 1.29 is 28.5 Å². The Bertz CT molecular complexity index is 1140. The molecule has 33 heavy (non-hydrogen) atoms. The molecule has 3 aromatic rings. The monoisotopic (exact) mass is 450 g/mol. The van der Waals surface area contributed by atoms with Gasteiger partial charge in [0.05, 0.1) is 38.7 Å². The number of nitrogens with zero attached hydrogens (tertiary/aromatic N) is 1. The van der Waals surface area contributed by atoms with E-state index < -0.39 is 12.2 Å². The first-order chi connectivity index (χ1) is 16.0. The highest BCUT2D eigenvalue weighted by Gasteiger charge is 2.28. The summed E-state index contributed by atoms with van der Waals surface area (Å²) in [5.41, 5.74) is 9.44. The molecule has 2 N–H and O–H groups in total. The van der Waals surface area contributed by atoms with Gasteiger partial charge in [0.1, 0.15) is 6.61 Å². The molecule has 0 bridgehead atoms. The van der Waals surface area contributed by atoms with Crippen LogP contribution in [-0.4, -0.2) is 38.3 Å². The lowest BCUT2D eigenvalue weighted by Crippen LogP contribution is -2.16. The number of primary amides is 1. The van der Waals surface area contributed by atoms with Gasteiger partial charge in [0.15, 0.2) is 11.5 Å². The number of pyridine rings is 1. The second-order valence-electron chi connectivity index (χ2n) is 7.45. The number of rotatable bonds is 8. The lowest BCUT2D eigenvalue weighted by molar-refractivity contribution is -0.0477. The fraction of sp³-hybridized carbons (Fsp3) is 0.280. The molecule has 2 aromatic carbocycles. The van der Waals surface area contributed by atoms with Gasteiger partial charge in [-0.25, -0.2) is 0 Å². The van der Waals surface area contributed by atoms with Crippen molar-refractivity contribution in [2.75, 3.05) is 27.4 Å². The van der Waals surface area contributed by atoms with E-state index in [1.807, 2.05) is 43.3 Å². The van der Waals surface area contributed by atoms with Gasteiger partial charge in [-0.3, -0.25) is 9.78 Å². The zero-order valence-corrected chi connectivity index (χ0v) is 18.8. The summed E-state index contributed by atoms with van der Waals surface area (Å²) in [7, 11) is 3.09. The van der Waals surface area contributed by atoms with Gasteiger partial charge < -0.3 is 29.4 Å². The van der Waals surface area contributed by atoms with Crippen molar-refractivity contribution in [1.82, 2.24) is 4.98 Å².